The number of hydrogen-bond acceptors (Lipinski definition) is 3. The van der Waals surface area contributed by atoms with Crippen LogP contribution in [-0.2, 0) is 9.53 Å². The number of allylic oxidation sites excluding steroid dienone is 2. The lowest BCUT2D eigenvalue weighted by Crippen LogP contribution is -2.16. The van der Waals surface area contributed by atoms with E-state index in [1.807, 2.05) is 12.2 Å². The fourth-order valence-corrected chi connectivity index (χ4v) is 2.84. The summed E-state index contributed by atoms with van der Waals surface area (Å²) in [7, 11) is 0. The fraction of sp³-hybridized carbons (Fsp3) is 0.773. The molecular weight excluding hydrogens is 312 g/mol. The van der Waals surface area contributed by atoms with E-state index in [-0.39, 0.29) is 12.4 Å². The second kappa shape index (κ2) is 19.2. The van der Waals surface area contributed by atoms with Gasteiger partial charge in [0.2, 0.25) is 0 Å². The first-order valence-electron chi connectivity index (χ1n) is 10.3. The van der Waals surface area contributed by atoms with Crippen molar-refractivity contribution in [1.29, 1.82) is 0 Å². The van der Waals surface area contributed by atoms with Gasteiger partial charge in [0.25, 0.3) is 0 Å². The zero-order valence-electron chi connectivity index (χ0n) is 16.2. The normalized spacial score (nSPS) is 11.9. The summed E-state index contributed by atoms with van der Waals surface area (Å²) < 4.78 is 5.21. The van der Waals surface area contributed by atoms with Crippen molar-refractivity contribution in [2.75, 3.05) is 6.61 Å². The van der Waals surface area contributed by atoms with Crippen LogP contribution in [0.25, 0.3) is 0 Å². The molecule has 0 amide bonds. The molecule has 0 aromatic heterocycles. The van der Waals surface area contributed by atoms with Gasteiger partial charge in [-0.3, -0.25) is 4.79 Å². The standard InChI is InChI=1S/C22H40O3/c1-3-5-7-9-11-13-15-17-19-25-22(24)20-21(23)18-16-14-12-10-8-6-4-2/h3-4,21,23H,1-2,5-20H2. The van der Waals surface area contributed by atoms with Gasteiger partial charge >= 0.3 is 5.97 Å². The highest BCUT2D eigenvalue weighted by Gasteiger charge is 2.11. The first kappa shape index (κ1) is 23.9. The topological polar surface area (TPSA) is 46.5 Å². The highest BCUT2D eigenvalue weighted by atomic mass is 16.5. The Morgan fingerprint density at radius 2 is 1.28 bits per heavy atom. The second-order valence-corrected chi connectivity index (χ2v) is 6.91. The molecule has 0 saturated carbocycles. The van der Waals surface area contributed by atoms with Crippen LogP contribution in [-0.4, -0.2) is 23.8 Å². The molecular formula is C22H40O3. The van der Waals surface area contributed by atoms with E-state index in [9.17, 15) is 9.90 Å². The molecule has 0 aromatic carbocycles. The average molecular weight is 353 g/mol. The van der Waals surface area contributed by atoms with Crippen molar-refractivity contribution >= 4 is 5.97 Å². The summed E-state index contributed by atoms with van der Waals surface area (Å²) in [6.45, 7) is 7.92. The monoisotopic (exact) mass is 352 g/mol. The van der Waals surface area contributed by atoms with E-state index in [1.54, 1.807) is 0 Å². The summed E-state index contributed by atoms with van der Waals surface area (Å²) in [6, 6.07) is 0. The van der Waals surface area contributed by atoms with Crippen LogP contribution in [0.15, 0.2) is 25.3 Å². The Kier molecular flexibility index (Phi) is 18.4. The van der Waals surface area contributed by atoms with Crippen molar-refractivity contribution in [2.24, 2.45) is 0 Å². The van der Waals surface area contributed by atoms with E-state index < -0.39 is 6.10 Å². The third-order valence-corrected chi connectivity index (χ3v) is 4.41. The third-order valence-electron chi connectivity index (χ3n) is 4.41. The van der Waals surface area contributed by atoms with Crippen LogP contribution in [0, 0.1) is 0 Å². The number of hydrogen-bond donors (Lipinski definition) is 1. The van der Waals surface area contributed by atoms with Crippen molar-refractivity contribution in [3.8, 4) is 0 Å². The Labute approximate surface area is 155 Å². The predicted octanol–water partition coefficient (Wildman–Crippen LogP) is 6.11. The van der Waals surface area contributed by atoms with Gasteiger partial charge in [0.15, 0.2) is 0 Å². The first-order valence-corrected chi connectivity index (χ1v) is 10.3. The molecule has 3 nitrogen and oxygen atoms in total. The molecule has 25 heavy (non-hydrogen) atoms. The Bertz CT molecular complexity index is 325. The summed E-state index contributed by atoms with van der Waals surface area (Å²) in [5.74, 6) is -0.260. The molecule has 0 aliphatic rings. The van der Waals surface area contributed by atoms with Crippen molar-refractivity contribution in [2.45, 2.75) is 102 Å². The molecule has 0 aliphatic carbocycles. The van der Waals surface area contributed by atoms with Crippen LogP contribution in [0.4, 0.5) is 0 Å². The quantitative estimate of drug-likeness (QED) is 0.173. The summed E-state index contributed by atoms with van der Waals surface area (Å²) in [5.41, 5.74) is 0. The number of unbranched alkanes of at least 4 members (excludes halogenated alkanes) is 11. The van der Waals surface area contributed by atoms with Gasteiger partial charge in [-0.25, -0.2) is 0 Å². The van der Waals surface area contributed by atoms with Crippen LogP contribution in [0.5, 0.6) is 0 Å². The lowest BCUT2D eigenvalue weighted by Gasteiger charge is -2.10. The smallest absolute Gasteiger partial charge is 0.308 e. The number of carbonyl (C=O) groups excluding carboxylic acids is 1. The summed E-state index contributed by atoms with van der Waals surface area (Å²) in [5, 5.41) is 9.88. The number of aliphatic hydroxyl groups excluding tert-OH is 1. The van der Waals surface area contributed by atoms with Crippen LogP contribution >= 0.6 is 0 Å². The number of aliphatic hydroxyl groups is 1. The average Bonchev–Trinajstić information content (AvgIpc) is 2.59. The van der Waals surface area contributed by atoms with Gasteiger partial charge in [0.1, 0.15) is 0 Å². The van der Waals surface area contributed by atoms with Gasteiger partial charge < -0.3 is 9.84 Å². The molecule has 0 radical (unpaired) electrons. The van der Waals surface area contributed by atoms with E-state index >= 15 is 0 Å². The molecule has 1 unspecified atom stereocenters. The molecule has 0 rings (SSSR count). The highest BCUT2D eigenvalue weighted by Crippen LogP contribution is 2.11. The lowest BCUT2D eigenvalue weighted by atomic mass is 10.1. The van der Waals surface area contributed by atoms with Gasteiger partial charge in [-0.05, 0) is 38.5 Å². The van der Waals surface area contributed by atoms with E-state index in [2.05, 4.69) is 13.2 Å². The zero-order valence-corrected chi connectivity index (χ0v) is 16.2. The minimum absolute atomic E-state index is 0.137. The molecule has 1 atom stereocenters. The molecule has 0 spiro atoms. The van der Waals surface area contributed by atoms with Gasteiger partial charge in [-0.1, -0.05) is 63.5 Å². The van der Waals surface area contributed by atoms with Crippen molar-refractivity contribution in [1.82, 2.24) is 0 Å². The van der Waals surface area contributed by atoms with E-state index in [4.69, 9.17) is 4.74 Å². The maximum Gasteiger partial charge on any atom is 0.308 e. The molecule has 0 bridgehead atoms. The summed E-state index contributed by atoms with van der Waals surface area (Å²) in [4.78, 5) is 11.7. The number of rotatable bonds is 19. The molecule has 1 N–H and O–H groups in total. The van der Waals surface area contributed by atoms with Crippen LogP contribution in [0.1, 0.15) is 96.3 Å². The Hall–Kier alpha value is -1.09. The summed E-state index contributed by atoms with van der Waals surface area (Å²) in [6.07, 6.45) is 19.1. The number of esters is 1. The van der Waals surface area contributed by atoms with Crippen molar-refractivity contribution in [3.63, 3.8) is 0 Å². The molecule has 0 heterocycles. The van der Waals surface area contributed by atoms with E-state index in [0.29, 0.717) is 13.0 Å². The molecule has 0 aliphatic heterocycles. The zero-order chi connectivity index (χ0) is 18.6. The van der Waals surface area contributed by atoms with Gasteiger partial charge in [-0.15, -0.1) is 13.2 Å². The Morgan fingerprint density at radius 1 is 0.800 bits per heavy atom. The van der Waals surface area contributed by atoms with Crippen LogP contribution in [0.2, 0.25) is 0 Å². The largest absolute Gasteiger partial charge is 0.466 e. The SMILES string of the molecule is C=CCCCCCCCCOC(=O)CC(O)CCCCCCCC=C. The Balaban J connectivity index is 3.35. The Morgan fingerprint density at radius 3 is 1.84 bits per heavy atom. The number of ether oxygens (including phenoxy) is 1. The maximum atomic E-state index is 11.7. The van der Waals surface area contributed by atoms with Crippen molar-refractivity contribution in [3.05, 3.63) is 25.3 Å². The molecule has 0 fully saturated rings. The fourth-order valence-electron chi connectivity index (χ4n) is 2.84. The predicted molar refractivity (Wildman–Crippen MR) is 107 cm³/mol. The molecule has 3 heteroatoms. The molecule has 146 valence electrons. The molecule has 0 saturated heterocycles. The van der Waals surface area contributed by atoms with Crippen LogP contribution < -0.4 is 0 Å². The third kappa shape index (κ3) is 19.1. The van der Waals surface area contributed by atoms with Crippen LogP contribution in [0.3, 0.4) is 0 Å². The molecule has 0 aromatic rings. The van der Waals surface area contributed by atoms with E-state index in [0.717, 1.165) is 38.5 Å². The second-order valence-electron chi connectivity index (χ2n) is 6.91. The summed E-state index contributed by atoms with van der Waals surface area (Å²) >= 11 is 0. The highest BCUT2D eigenvalue weighted by molar-refractivity contribution is 5.69. The maximum absolute atomic E-state index is 11.7. The number of carbonyl (C=O) groups is 1. The lowest BCUT2D eigenvalue weighted by molar-refractivity contribution is -0.146. The van der Waals surface area contributed by atoms with Gasteiger partial charge in [-0.2, -0.15) is 0 Å². The first-order chi connectivity index (χ1) is 12.2. The van der Waals surface area contributed by atoms with Crippen molar-refractivity contribution < 1.29 is 14.6 Å². The minimum Gasteiger partial charge on any atom is -0.466 e. The minimum atomic E-state index is -0.550. The van der Waals surface area contributed by atoms with E-state index in [1.165, 1.54) is 44.9 Å². The van der Waals surface area contributed by atoms with Gasteiger partial charge in [0, 0.05) is 0 Å². The van der Waals surface area contributed by atoms with Gasteiger partial charge in [0.05, 0.1) is 19.1 Å².